The van der Waals surface area contributed by atoms with E-state index in [-0.39, 0.29) is 5.25 Å². The molecule has 0 aliphatic heterocycles. The Morgan fingerprint density at radius 1 is 1.31 bits per heavy atom. The molecule has 0 saturated heterocycles. The van der Waals surface area contributed by atoms with Gasteiger partial charge in [-0.05, 0) is 20.8 Å². The predicted molar refractivity (Wildman–Crippen MR) is 59.0 cm³/mol. The Kier molecular flexibility index (Phi) is 2.95. The van der Waals surface area contributed by atoms with Gasteiger partial charge in [0, 0.05) is 7.05 Å². The molecule has 0 radical (unpaired) electrons. The lowest BCUT2D eigenvalue weighted by Crippen LogP contribution is -1.96. The molecular formula is C9H13N5OS. The van der Waals surface area contributed by atoms with E-state index in [2.05, 4.69) is 20.3 Å². The van der Waals surface area contributed by atoms with E-state index in [1.54, 1.807) is 18.7 Å². The molecule has 1 unspecified atom stereocenters. The smallest absolute Gasteiger partial charge is 0.239 e. The number of aromatic nitrogens is 5. The number of thioether (sulfide) groups is 1. The maximum Gasteiger partial charge on any atom is 0.239 e. The van der Waals surface area contributed by atoms with Crippen LogP contribution in [0.25, 0.3) is 0 Å². The highest BCUT2D eigenvalue weighted by atomic mass is 32.2. The molecule has 6 nitrogen and oxygen atoms in total. The van der Waals surface area contributed by atoms with Gasteiger partial charge in [0.15, 0.2) is 11.0 Å². The Bertz CT molecular complexity index is 492. The van der Waals surface area contributed by atoms with Crippen LogP contribution in [0.4, 0.5) is 0 Å². The van der Waals surface area contributed by atoms with E-state index in [0.29, 0.717) is 11.7 Å². The van der Waals surface area contributed by atoms with Crippen LogP contribution in [0, 0.1) is 13.8 Å². The van der Waals surface area contributed by atoms with Gasteiger partial charge in [0.25, 0.3) is 0 Å². The van der Waals surface area contributed by atoms with Gasteiger partial charge in [-0.15, -0.1) is 10.2 Å². The lowest BCUT2D eigenvalue weighted by atomic mass is 10.5. The second-order valence-corrected chi connectivity index (χ2v) is 4.84. The Hall–Kier alpha value is -1.37. The predicted octanol–water partition coefficient (Wildman–Crippen LogP) is 1.67. The van der Waals surface area contributed by atoms with Crippen molar-refractivity contribution in [3.05, 3.63) is 17.5 Å². The van der Waals surface area contributed by atoms with Crippen LogP contribution in [-0.4, -0.2) is 24.9 Å². The summed E-state index contributed by atoms with van der Waals surface area (Å²) in [4.78, 5) is 4.19. The maximum absolute atomic E-state index is 5.11. The van der Waals surface area contributed by atoms with E-state index in [9.17, 15) is 0 Å². The fourth-order valence-corrected chi connectivity index (χ4v) is 2.07. The molecule has 0 N–H and O–H groups in total. The van der Waals surface area contributed by atoms with Gasteiger partial charge in [-0.1, -0.05) is 16.9 Å². The van der Waals surface area contributed by atoms with Crippen LogP contribution in [0.1, 0.15) is 29.7 Å². The molecule has 86 valence electrons. The molecule has 0 aliphatic rings. The first-order chi connectivity index (χ1) is 7.58. The molecule has 2 aromatic rings. The van der Waals surface area contributed by atoms with Gasteiger partial charge in [-0.3, -0.25) is 0 Å². The zero-order chi connectivity index (χ0) is 11.7. The fraction of sp³-hybridized carbons (Fsp3) is 0.556. The largest absolute Gasteiger partial charge is 0.338 e. The Morgan fingerprint density at radius 3 is 2.56 bits per heavy atom. The first-order valence-electron chi connectivity index (χ1n) is 4.91. The third-order valence-electron chi connectivity index (χ3n) is 2.23. The van der Waals surface area contributed by atoms with Gasteiger partial charge in [0.05, 0.1) is 5.25 Å². The van der Waals surface area contributed by atoms with E-state index in [0.717, 1.165) is 11.0 Å². The van der Waals surface area contributed by atoms with Crippen LogP contribution < -0.4 is 0 Å². The molecule has 0 bridgehead atoms. The normalized spacial score (nSPS) is 13.0. The fourth-order valence-electron chi connectivity index (χ4n) is 1.18. The first-order valence-corrected chi connectivity index (χ1v) is 5.78. The van der Waals surface area contributed by atoms with Gasteiger partial charge in [-0.25, -0.2) is 0 Å². The van der Waals surface area contributed by atoms with Crippen molar-refractivity contribution in [2.24, 2.45) is 7.05 Å². The second-order valence-electron chi connectivity index (χ2n) is 3.53. The molecule has 0 aromatic carbocycles. The van der Waals surface area contributed by atoms with E-state index in [4.69, 9.17) is 4.52 Å². The van der Waals surface area contributed by atoms with E-state index in [1.165, 1.54) is 0 Å². The lowest BCUT2D eigenvalue weighted by molar-refractivity contribution is 0.376. The molecular weight excluding hydrogens is 226 g/mol. The van der Waals surface area contributed by atoms with Crippen LogP contribution in [0.15, 0.2) is 9.68 Å². The number of nitrogens with zero attached hydrogens (tertiary/aromatic N) is 5. The summed E-state index contributed by atoms with van der Waals surface area (Å²) >= 11 is 1.55. The van der Waals surface area contributed by atoms with Crippen LogP contribution in [0.2, 0.25) is 0 Å². The molecule has 0 aliphatic carbocycles. The lowest BCUT2D eigenvalue weighted by Gasteiger charge is -2.05. The Morgan fingerprint density at radius 2 is 2.06 bits per heavy atom. The van der Waals surface area contributed by atoms with Crippen molar-refractivity contribution in [3.8, 4) is 0 Å². The van der Waals surface area contributed by atoms with Crippen LogP contribution in [0.3, 0.4) is 0 Å². The van der Waals surface area contributed by atoms with Gasteiger partial charge >= 0.3 is 0 Å². The molecule has 7 heteroatoms. The maximum atomic E-state index is 5.11. The number of hydrogen-bond donors (Lipinski definition) is 0. The minimum Gasteiger partial charge on any atom is -0.338 e. The van der Waals surface area contributed by atoms with E-state index >= 15 is 0 Å². The summed E-state index contributed by atoms with van der Waals surface area (Å²) in [6, 6.07) is 0. The van der Waals surface area contributed by atoms with Crippen LogP contribution >= 0.6 is 11.8 Å². The molecule has 2 rings (SSSR count). The van der Waals surface area contributed by atoms with E-state index in [1.807, 2.05) is 25.5 Å². The van der Waals surface area contributed by atoms with Crippen LogP contribution in [0.5, 0.6) is 0 Å². The monoisotopic (exact) mass is 239 g/mol. The zero-order valence-electron chi connectivity index (χ0n) is 9.63. The van der Waals surface area contributed by atoms with Crippen molar-refractivity contribution in [2.75, 3.05) is 0 Å². The highest BCUT2D eigenvalue weighted by Gasteiger charge is 2.17. The summed E-state index contributed by atoms with van der Waals surface area (Å²) in [6.45, 7) is 5.72. The standard InChI is InChI=1S/C9H13N5OS/c1-5(8-10-6(2)13-15-8)16-9-12-11-7(3)14(9)4/h5H,1-4H3. The highest BCUT2D eigenvalue weighted by Crippen LogP contribution is 2.32. The molecule has 2 aromatic heterocycles. The van der Waals surface area contributed by atoms with Crippen molar-refractivity contribution in [1.82, 2.24) is 24.9 Å². The molecule has 1 atom stereocenters. The Balaban J connectivity index is 2.13. The summed E-state index contributed by atoms with van der Waals surface area (Å²) < 4.78 is 7.04. The summed E-state index contributed by atoms with van der Waals surface area (Å²) in [5, 5.41) is 12.8. The SMILES string of the molecule is Cc1noc(C(C)Sc2nnc(C)n2C)n1. The van der Waals surface area contributed by atoms with Gasteiger partial charge < -0.3 is 9.09 Å². The quantitative estimate of drug-likeness (QED) is 0.759. The highest BCUT2D eigenvalue weighted by molar-refractivity contribution is 7.99. The minimum atomic E-state index is 0.0727. The van der Waals surface area contributed by atoms with Gasteiger partial charge in [-0.2, -0.15) is 4.98 Å². The molecule has 16 heavy (non-hydrogen) atoms. The van der Waals surface area contributed by atoms with Gasteiger partial charge in [0.1, 0.15) is 5.82 Å². The van der Waals surface area contributed by atoms with E-state index < -0.39 is 0 Å². The third kappa shape index (κ3) is 2.08. The van der Waals surface area contributed by atoms with Crippen molar-refractivity contribution in [3.63, 3.8) is 0 Å². The van der Waals surface area contributed by atoms with Crippen molar-refractivity contribution < 1.29 is 4.52 Å². The summed E-state index contributed by atoms with van der Waals surface area (Å²) in [5.41, 5.74) is 0. The van der Waals surface area contributed by atoms with Crippen molar-refractivity contribution in [1.29, 1.82) is 0 Å². The minimum absolute atomic E-state index is 0.0727. The Labute approximate surface area is 97.4 Å². The topological polar surface area (TPSA) is 69.6 Å². The molecule has 0 spiro atoms. The third-order valence-corrected chi connectivity index (χ3v) is 3.35. The van der Waals surface area contributed by atoms with Crippen molar-refractivity contribution >= 4 is 11.8 Å². The molecule has 0 amide bonds. The van der Waals surface area contributed by atoms with Crippen molar-refractivity contribution in [2.45, 2.75) is 31.2 Å². The summed E-state index contributed by atoms with van der Waals surface area (Å²) in [6.07, 6.45) is 0. The second kappa shape index (κ2) is 4.25. The summed E-state index contributed by atoms with van der Waals surface area (Å²) in [5.74, 6) is 2.15. The molecule has 0 fully saturated rings. The number of rotatable bonds is 3. The zero-order valence-corrected chi connectivity index (χ0v) is 10.4. The molecule has 2 heterocycles. The number of aryl methyl sites for hydroxylation is 2. The molecule has 0 saturated carbocycles. The summed E-state index contributed by atoms with van der Waals surface area (Å²) in [7, 11) is 1.93. The first kappa shape index (κ1) is 11.1. The van der Waals surface area contributed by atoms with Crippen LogP contribution in [-0.2, 0) is 7.05 Å². The average molecular weight is 239 g/mol. The number of hydrogen-bond acceptors (Lipinski definition) is 6. The average Bonchev–Trinajstić information content (AvgIpc) is 2.79. The van der Waals surface area contributed by atoms with Gasteiger partial charge in [0.2, 0.25) is 5.89 Å².